The SMILES string of the molecule is CCS[C@@H]1O[C@H](CO)[C@@H](O[C@@H]2O[C@H](CO)[C@H](O)[C@H](O)[C@H]2O)[C@H](O)[C@H]1NC(C)=O. The van der Waals surface area contributed by atoms with E-state index in [4.69, 9.17) is 14.2 Å². The fourth-order valence-corrected chi connectivity index (χ4v) is 4.25. The Bertz CT molecular complexity index is 512. The van der Waals surface area contributed by atoms with Crippen LogP contribution in [0.25, 0.3) is 0 Å². The maximum atomic E-state index is 11.5. The Balaban J connectivity index is 2.20. The van der Waals surface area contributed by atoms with Crippen LogP contribution >= 0.6 is 11.8 Å². The zero-order valence-corrected chi connectivity index (χ0v) is 16.4. The van der Waals surface area contributed by atoms with Gasteiger partial charge in [0.05, 0.1) is 19.3 Å². The van der Waals surface area contributed by atoms with Gasteiger partial charge in [0.2, 0.25) is 5.91 Å². The van der Waals surface area contributed by atoms with Gasteiger partial charge in [-0.05, 0) is 5.75 Å². The zero-order chi connectivity index (χ0) is 21.0. The van der Waals surface area contributed by atoms with Crippen LogP contribution in [-0.4, -0.2) is 116 Å². The summed E-state index contributed by atoms with van der Waals surface area (Å²) in [6.07, 6.45) is -11.1. The lowest BCUT2D eigenvalue weighted by atomic mass is 9.96. The second-order valence-electron chi connectivity index (χ2n) is 6.70. The number of aliphatic hydroxyl groups excluding tert-OH is 6. The number of thioether (sulfide) groups is 1. The van der Waals surface area contributed by atoms with Gasteiger partial charge in [0.25, 0.3) is 0 Å². The maximum absolute atomic E-state index is 11.5. The maximum Gasteiger partial charge on any atom is 0.217 e. The Morgan fingerprint density at radius 3 is 2.18 bits per heavy atom. The molecule has 0 aliphatic carbocycles. The van der Waals surface area contributed by atoms with E-state index in [2.05, 4.69) is 5.32 Å². The number of ether oxygens (including phenoxy) is 3. The van der Waals surface area contributed by atoms with Crippen LogP contribution in [0, 0.1) is 0 Å². The van der Waals surface area contributed by atoms with Crippen molar-refractivity contribution >= 4 is 17.7 Å². The summed E-state index contributed by atoms with van der Waals surface area (Å²) in [6.45, 7) is 2.00. The van der Waals surface area contributed by atoms with Crippen molar-refractivity contribution in [2.45, 2.75) is 74.3 Å². The number of amides is 1. The van der Waals surface area contributed by atoms with Gasteiger partial charge in [0.15, 0.2) is 6.29 Å². The van der Waals surface area contributed by atoms with Gasteiger partial charge in [-0.2, -0.15) is 0 Å². The average molecular weight is 427 g/mol. The molecule has 2 saturated heterocycles. The van der Waals surface area contributed by atoms with Crippen LogP contribution in [0.3, 0.4) is 0 Å². The second kappa shape index (κ2) is 10.5. The smallest absolute Gasteiger partial charge is 0.217 e. The molecule has 0 aromatic rings. The highest BCUT2D eigenvalue weighted by atomic mass is 32.2. The van der Waals surface area contributed by atoms with Gasteiger partial charge in [-0.3, -0.25) is 4.79 Å². The minimum Gasteiger partial charge on any atom is -0.394 e. The van der Waals surface area contributed by atoms with Crippen molar-refractivity contribution in [3.05, 3.63) is 0 Å². The van der Waals surface area contributed by atoms with Gasteiger partial charge in [-0.25, -0.2) is 0 Å². The standard InChI is InChI=1S/C16H29NO10S/c1-3-28-16-9(17-6(2)20)11(22)14(8(5-19)26-16)27-15-13(24)12(23)10(21)7(4-18)25-15/h7-16,18-19,21-24H,3-5H2,1-2H3,(H,17,20)/t7-,8-,9-,10+,11-,12+,13-,14-,15+,16+/m1/s1. The second-order valence-corrected chi connectivity index (χ2v) is 8.07. The van der Waals surface area contributed by atoms with E-state index in [9.17, 15) is 35.4 Å². The molecule has 0 aromatic heterocycles. The summed E-state index contributed by atoms with van der Waals surface area (Å²) in [6, 6.07) is -0.861. The summed E-state index contributed by atoms with van der Waals surface area (Å²) in [5.74, 6) is 0.229. The molecular formula is C16H29NO10S. The summed E-state index contributed by atoms with van der Waals surface area (Å²) in [7, 11) is 0. The van der Waals surface area contributed by atoms with Crippen LogP contribution in [0.2, 0.25) is 0 Å². The molecule has 12 heteroatoms. The number of carbonyl (C=O) groups excluding carboxylic acids is 1. The Morgan fingerprint density at radius 2 is 1.64 bits per heavy atom. The lowest BCUT2D eigenvalue weighted by Gasteiger charge is -2.47. The van der Waals surface area contributed by atoms with Gasteiger partial charge < -0.3 is 50.2 Å². The number of carbonyl (C=O) groups is 1. The molecule has 7 N–H and O–H groups in total. The lowest BCUT2D eigenvalue weighted by molar-refractivity contribution is -0.333. The van der Waals surface area contributed by atoms with E-state index >= 15 is 0 Å². The molecule has 2 rings (SSSR count). The van der Waals surface area contributed by atoms with Crippen LogP contribution in [0.4, 0.5) is 0 Å². The van der Waals surface area contributed by atoms with Crippen LogP contribution < -0.4 is 5.32 Å². The van der Waals surface area contributed by atoms with E-state index in [1.54, 1.807) is 0 Å². The Morgan fingerprint density at radius 1 is 1.00 bits per heavy atom. The predicted octanol–water partition coefficient (Wildman–Crippen LogP) is -3.49. The molecule has 1 amide bonds. The number of hydrogen-bond donors (Lipinski definition) is 7. The molecule has 164 valence electrons. The van der Waals surface area contributed by atoms with Crippen molar-refractivity contribution in [3.8, 4) is 0 Å². The minimum absolute atomic E-state index is 0.400. The number of hydrogen-bond acceptors (Lipinski definition) is 11. The Kier molecular flexibility index (Phi) is 8.88. The highest BCUT2D eigenvalue weighted by molar-refractivity contribution is 7.99. The third-order valence-electron chi connectivity index (χ3n) is 4.69. The van der Waals surface area contributed by atoms with Gasteiger partial charge in [-0.15, -0.1) is 11.8 Å². The monoisotopic (exact) mass is 427 g/mol. The molecule has 0 aromatic carbocycles. The number of rotatable bonds is 7. The quantitative estimate of drug-likeness (QED) is 0.214. The molecule has 2 aliphatic heterocycles. The molecule has 0 radical (unpaired) electrons. The first-order chi connectivity index (χ1) is 13.2. The topological polar surface area (TPSA) is 178 Å². The molecule has 11 nitrogen and oxygen atoms in total. The van der Waals surface area contributed by atoms with Crippen molar-refractivity contribution in [1.82, 2.24) is 5.32 Å². The van der Waals surface area contributed by atoms with Crippen molar-refractivity contribution in [3.63, 3.8) is 0 Å². The number of nitrogens with one attached hydrogen (secondary N) is 1. The number of aliphatic hydroxyl groups is 6. The van der Waals surface area contributed by atoms with Crippen LogP contribution in [0.5, 0.6) is 0 Å². The summed E-state index contributed by atoms with van der Waals surface area (Å²) in [4.78, 5) is 11.5. The van der Waals surface area contributed by atoms with Gasteiger partial charge in [0.1, 0.15) is 48.2 Å². The molecule has 2 aliphatic rings. The molecule has 0 unspecified atom stereocenters. The van der Waals surface area contributed by atoms with Crippen molar-refractivity contribution in [2.24, 2.45) is 0 Å². The lowest BCUT2D eigenvalue weighted by Crippen LogP contribution is -2.66. The van der Waals surface area contributed by atoms with Crippen molar-refractivity contribution < 1.29 is 49.6 Å². The molecule has 10 atom stereocenters. The first-order valence-electron chi connectivity index (χ1n) is 9.04. The van der Waals surface area contributed by atoms with E-state index in [1.165, 1.54) is 18.7 Å². The highest BCUT2D eigenvalue weighted by Gasteiger charge is 2.50. The summed E-state index contributed by atoms with van der Waals surface area (Å²) in [5, 5.41) is 62.2. The Labute approximate surface area is 166 Å². The molecule has 2 fully saturated rings. The van der Waals surface area contributed by atoms with Crippen LogP contribution in [0.1, 0.15) is 13.8 Å². The normalized spacial score (nSPS) is 44.3. The van der Waals surface area contributed by atoms with Gasteiger partial charge >= 0.3 is 0 Å². The summed E-state index contributed by atoms with van der Waals surface area (Å²) >= 11 is 1.33. The molecule has 0 saturated carbocycles. The van der Waals surface area contributed by atoms with Gasteiger partial charge in [0, 0.05) is 6.92 Å². The fraction of sp³-hybridized carbons (Fsp3) is 0.938. The summed E-state index contributed by atoms with van der Waals surface area (Å²) < 4.78 is 16.7. The fourth-order valence-electron chi connectivity index (χ4n) is 3.26. The first-order valence-corrected chi connectivity index (χ1v) is 10.1. The van der Waals surface area contributed by atoms with E-state index in [0.717, 1.165) is 0 Å². The average Bonchev–Trinajstić information content (AvgIpc) is 2.66. The van der Waals surface area contributed by atoms with Crippen molar-refractivity contribution in [1.29, 1.82) is 0 Å². The molecule has 2 heterocycles. The van der Waals surface area contributed by atoms with E-state index in [-0.39, 0.29) is 0 Å². The highest BCUT2D eigenvalue weighted by Crippen LogP contribution is 2.32. The van der Waals surface area contributed by atoms with E-state index in [0.29, 0.717) is 5.75 Å². The van der Waals surface area contributed by atoms with E-state index in [1.807, 2.05) is 6.92 Å². The van der Waals surface area contributed by atoms with Crippen LogP contribution in [-0.2, 0) is 19.0 Å². The largest absolute Gasteiger partial charge is 0.394 e. The zero-order valence-electron chi connectivity index (χ0n) is 15.6. The molecule has 28 heavy (non-hydrogen) atoms. The summed E-state index contributed by atoms with van der Waals surface area (Å²) in [5.41, 5.74) is -0.643. The Hall–Kier alpha value is -0.540. The predicted molar refractivity (Wildman–Crippen MR) is 96.1 cm³/mol. The minimum atomic E-state index is -1.67. The third kappa shape index (κ3) is 5.14. The molecule has 0 bridgehead atoms. The third-order valence-corrected chi connectivity index (χ3v) is 5.76. The first kappa shape index (κ1) is 23.7. The molecular weight excluding hydrogens is 398 g/mol. The van der Waals surface area contributed by atoms with Crippen LogP contribution in [0.15, 0.2) is 0 Å². The van der Waals surface area contributed by atoms with Gasteiger partial charge in [-0.1, -0.05) is 6.92 Å². The van der Waals surface area contributed by atoms with Crippen molar-refractivity contribution in [2.75, 3.05) is 19.0 Å². The van der Waals surface area contributed by atoms with E-state index < -0.39 is 79.6 Å². The molecule has 0 spiro atoms.